The Balaban J connectivity index is 2.49. The highest BCUT2D eigenvalue weighted by Gasteiger charge is 2.10. The third kappa shape index (κ3) is 6.36. The standard InChI is InChI=1S/C16H25ClN2O2/c1-3-12(9-10-18)5-8-16(20)19-13-6-7-15(21-4-2)14(17)11-13/h6-7,11-12H,3-5,8-10,18H2,1-2H3,(H,19,20). The highest BCUT2D eigenvalue weighted by molar-refractivity contribution is 6.32. The van der Waals surface area contributed by atoms with Gasteiger partial charge < -0.3 is 15.8 Å². The first kappa shape index (κ1) is 17.8. The van der Waals surface area contributed by atoms with E-state index in [2.05, 4.69) is 12.2 Å². The fourth-order valence-electron chi connectivity index (χ4n) is 2.20. The van der Waals surface area contributed by atoms with Crippen LogP contribution in [0.2, 0.25) is 5.02 Å². The summed E-state index contributed by atoms with van der Waals surface area (Å²) < 4.78 is 5.36. The monoisotopic (exact) mass is 312 g/mol. The minimum Gasteiger partial charge on any atom is -0.492 e. The number of benzene rings is 1. The number of nitrogens with one attached hydrogen (secondary N) is 1. The number of hydrogen-bond donors (Lipinski definition) is 2. The van der Waals surface area contributed by atoms with Gasteiger partial charge in [-0.15, -0.1) is 0 Å². The van der Waals surface area contributed by atoms with Gasteiger partial charge in [0.2, 0.25) is 5.91 Å². The van der Waals surface area contributed by atoms with Crippen LogP contribution in [0.4, 0.5) is 5.69 Å². The topological polar surface area (TPSA) is 64.3 Å². The summed E-state index contributed by atoms with van der Waals surface area (Å²) in [6.07, 6.45) is 3.39. The van der Waals surface area contributed by atoms with Crippen LogP contribution in [0.15, 0.2) is 18.2 Å². The summed E-state index contributed by atoms with van der Waals surface area (Å²) in [6.45, 7) is 5.27. The summed E-state index contributed by atoms with van der Waals surface area (Å²) in [4.78, 5) is 11.9. The minimum absolute atomic E-state index is 0.00528. The molecule has 1 amide bonds. The van der Waals surface area contributed by atoms with Crippen LogP contribution in [0.3, 0.4) is 0 Å². The number of hydrogen-bond acceptors (Lipinski definition) is 3. The Kier molecular flexibility index (Phi) is 8.16. The second-order valence-corrected chi connectivity index (χ2v) is 5.42. The molecule has 0 aliphatic carbocycles. The Hall–Kier alpha value is -1.26. The lowest BCUT2D eigenvalue weighted by Gasteiger charge is -2.13. The first-order valence-electron chi connectivity index (χ1n) is 7.52. The largest absolute Gasteiger partial charge is 0.492 e. The molecule has 0 aromatic heterocycles. The summed E-state index contributed by atoms with van der Waals surface area (Å²) in [5, 5.41) is 3.37. The molecule has 0 radical (unpaired) electrons. The van der Waals surface area contributed by atoms with Gasteiger partial charge in [-0.2, -0.15) is 0 Å². The van der Waals surface area contributed by atoms with Crippen molar-refractivity contribution in [2.24, 2.45) is 11.7 Å². The maximum Gasteiger partial charge on any atom is 0.224 e. The molecule has 1 unspecified atom stereocenters. The van der Waals surface area contributed by atoms with E-state index in [0.717, 1.165) is 19.3 Å². The highest BCUT2D eigenvalue weighted by Crippen LogP contribution is 2.27. The fraction of sp³-hybridized carbons (Fsp3) is 0.562. The van der Waals surface area contributed by atoms with Gasteiger partial charge in [0.15, 0.2) is 0 Å². The summed E-state index contributed by atoms with van der Waals surface area (Å²) in [6, 6.07) is 5.28. The zero-order valence-corrected chi connectivity index (χ0v) is 13.6. The summed E-state index contributed by atoms with van der Waals surface area (Å²) in [5.41, 5.74) is 6.26. The van der Waals surface area contributed by atoms with Crippen LogP contribution in [0, 0.1) is 5.92 Å². The smallest absolute Gasteiger partial charge is 0.224 e. The van der Waals surface area contributed by atoms with Crippen LogP contribution in [-0.4, -0.2) is 19.1 Å². The van der Waals surface area contributed by atoms with Gasteiger partial charge >= 0.3 is 0 Å². The SMILES string of the molecule is CCOc1ccc(NC(=O)CCC(CC)CCN)cc1Cl. The fourth-order valence-corrected chi connectivity index (χ4v) is 2.43. The summed E-state index contributed by atoms with van der Waals surface area (Å²) in [7, 11) is 0. The van der Waals surface area contributed by atoms with E-state index in [1.807, 2.05) is 6.92 Å². The molecule has 0 saturated heterocycles. The Morgan fingerprint density at radius 2 is 2.14 bits per heavy atom. The number of rotatable bonds is 9. The van der Waals surface area contributed by atoms with Gasteiger partial charge in [-0.25, -0.2) is 0 Å². The van der Waals surface area contributed by atoms with Crippen LogP contribution in [0.1, 0.15) is 39.5 Å². The van der Waals surface area contributed by atoms with E-state index in [1.165, 1.54) is 0 Å². The molecule has 1 aromatic carbocycles. The predicted molar refractivity (Wildman–Crippen MR) is 87.9 cm³/mol. The summed E-state index contributed by atoms with van der Waals surface area (Å²) >= 11 is 6.09. The lowest BCUT2D eigenvalue weighted by molar-refractivity contribution is -0.116. The molecule has 0 bridgehead atoms. The molecular weight excluding hydrogens is 288 g/mol. The minimum atomic E-state index is 0.00528. The molecule has 0 aliphatic rings. The molecule has 118 valence electrons. The van der Waals surface area contributed by atoms with Crippen molar-refractivity contribution in [3.63, 3.8) is 0 Å². The van der Waals surface area contributed by atoms with Gasteiger partial charge in [0.05, 0.1) is 11.6 Å². The molecule has 0 saturated carbocycles. The average molecular weight is 313 g/mol. The maximum atomic E-state index is 11.9. The maximum absolute atomic E-state index is 11.9. The Morgan fingerprint density at radius 1 is 1.38 bits per heavy atom. The van der Waals surface area contributed by atoms with Gasteiger partial charge in [0.25, 0.3) is 0 Å². The van der Waals surface area contributed by atoms with E-state index < -0.39 is 0 Å². The van der Waals surface area contributed by atoms with Crippen molar-refractivity contribution in [2.45, 2.75) is 39.5 Å². The second kappa shape index (κ2) is 9.64. The first-order valence-corrected chi connectivity index (χ1v) is 7.90. The Morgan fingerprint density at radius 3 is 2.71 bits per heavy atom. The van der Waals surface area contributed by atoms with E-state index in [4.69, 9.17) is 22.1 Å². The molecule has 0 fully saturated rings. The zero-order valence-electron chi connectivity index (χ0n) is 12.8. The number of amides is 1. The Bertz CT molecular complexity index is 452. The van der Waals surface area contributed by atoms with Gasteiger partial charge in [-0.05, 0) is 50.4 Å². The van der Waals surface area contributed by atoms with Crippen molar-refractivity contribution in [1.82, 2.24) is 0 Å². The molecule has 1 rings (SSSR count). The van der Waals surface area contributed by atoms with Gasteiger partial charge in [-0.3, -0.25) is 4.79 Å². The van der Waals surface area contributed by atoms with Gasteiger partial charge in [0, 0.05) is 12.1 Å². The van der Waals surface area contributed by atoms with Gasteiger partial charge in [0.1, 0.15) is 5.75 Å². The average Bonchev–Trinajstić information content (AvgIpc) is 2.46. The van der Waals surface area contributed by atoms with Crippen LogP contribution in [0.25, 0.3) is 0 Å². The lowest BCUT2D eigenvalue weighted by atomic mass is 9.96. The number of anilines is 1. The van der Waals surface area contributed by atoms with Crippen molar-refractivity contribution in [2.75, 3.05) is 18.5 Å². The van der Waals surface area contributed by atoms with E-state index in [-0.39, 0.29) is 5.91 Å². The van der Waals surface area contributed by atoms with Crippen molar-refractivity contribution in [3.05, 3.63) is 23.2 Å². The number of carbonyl (C=O) groups excluding carboxylic acids is 1. The van der Waals surface area contributed by atoms with Crippen molar-refractivity contribution in [3.8, 4) is 5.75 Å². The molecular formula is C16H25ClN2O2. The van der Waals surface area contributed by atoms with Crippen LogP contribution in [0.5, 0.6) is 5.75 Å². The molecule has 1 atom stereocenters. The predicted octanol–water partition coefficient (Wildman–Crippen LogP) is 3.83. The quantitative estimate of drug-likeness (QED) is 0.728. The van der Waals surface area contributed by atoms with E-state index >= 15 is 0 Å². The first-order chi connectivity index (χ1) is 10.1. The molecule has 3 N–H and O–H groups in total. The molecule has 0 spiro atoms. The molecule has 0 heterocycles. The van der Waals surface area contributed by atoms with E-state index in [9.17, 15) is 4.79 Å². The van der Waals surface area contributed by atoms with Crippen LogP contribution < -0.4 is 15.8 Å². The number of nitrogens with two attached hydrogens (primary N) is 1. The normalized spacial score (nSPS) is 12.0. The van der Waals surface area contributed by atoms with Crippen molar-refractivity contribution < 1.29 is 9.53 Å². The molecule has 1 aromatic rings. The van der Waals surface area contributed by atoms with E-state index in [1.54, 1.807) is 18.2 Å². The third-order valence-corrected chi connectivity index (χ3v) is 3.74. The van der Waals surface area contributed by atoms with Crippen LogP contribution >= 0.6 is 11.6 Å². The van der Waals surface area contributed by atoms with E-state index in [0.29, 0.717) is 41.9 Å². The number of ether oxygens (including phenoxy) is 1. The second-order valence-electron chi connectivity index (χ2n) is 5.02. The Labute approximate surface area is 132 Å². The molecule has 21 heavy (non-hydrogen) atoms. The number of halogens is 1. The van der Waals surface area contributed by atoms with Crippen LogP contribution in [-0.2, 0) is 4.79 Å². The third-order valence-electron chi connectivity index (χ3n) is 3.45. The highest BCUT2D eigenvalue weighted by atomic mass is 35.5. The number of carbonyl (C=O) groups is 1. The van der Waals surface area contributed by atoms with Crippen molar-refractivity contribution in [1.29, 1.82) is 0 Å². The summed E-state index contributed by atoms with van der Waals surface area (Å²) in [5.74, 6) is 1.15. The molecule has 5 heteroatoms. The molecule has 0 aliphatic heterocycles. The molecule has 4 nitrogen and oxygen atoms in total. The lowest BCUT2D eigenvalue weighted by Crippen LogP contribution is -2.15. The van der Waals surface area contributed by atoms with Crippen molar-refractivity contribution >= 4 is 23.2 Å². The zero-order chi connectivity index (χ0) is 15.7. The van der Waals surface area contributed by atoms with Gasteiger partial charge in [-0.1, -0.05) is 24.9 Å².